The van der Waals surface area contributed by atoms with Gasteiger partial charge in [-0.15, -0.1) is 11.3 Å². The van der Waals surface area contributed by atoms with E-state index >= 15 is 0 Å². The fourth-order valence-electron chi connectivity index (χ4n) is 1.85. The summed E-state index contributed by atoms with van der Waals surface area (Å²) in [6.07, 6.45) is 2.00. The van der Waals surface area contributed by atoms with E-state index in [9.17, 15) is 8.42 Å². The maximum Gasteiger partial charge on any atom is 0.175 e. The van der Waals surface area contributed by atoms with Gasteiger partial charge in [0.25, 0.3) is 0 Å². The Balaban J connectivity index is 2.02. The molecule has 1 N–H and O–H groups in total. The van der Waals surface area contributed by atoms with Gasteiger partial charge in [-0.05, 0) is 12.1 Å². The summed E-state index contributed by atoms with van der Waals surface area (Å²) in [6, 6.07) is 4.93. The summed E-state index contributed by atoms with van der Waals surface area (Å²) in [4.78, 5) is 4.48. The molecule has 0 aliphatic carbocycles. The Morgan fingerprint density at radius 2 is 2.20 bits per heavy atom. The van der Waals surface area contributed by atoms with Crippen LogP contribution in [-0.4, -0.2) is 26.2 Å². The first kappa shape index (κ1) is 15.4. The standard InChI is InChI=1S/C13H15ClN2O2S2/c1-20(17,18)13-4-2-3-12(14)11(13)7-15-6-5-10-8-19-9-16-10/h2-4,8-9,15H,5-7H2,1H3. The molecule has 2 aromatic rings. The van der Waals surface area contributed by atoms with E-state index < -0.39 is 9.84 Å². The predicted molar refractivity (Wildman–Crippen MR) is 82.1 cm³/mol. The lowest BCUT2D eigenvalue weighted by atomic mass is 10.2. The van der Waals surface area contributed by atoms with Crippen molar-refractivity contribution in [2.24, 2.45) is 0 Å². The number of rotatable bonds is 6. The lowest BCUT2D eigenvalue weighted by Gasteiger charge is -2.11. The van der Waals surface area contributed by atoms with Crippen LogP contribution >= 0.6 is 22.9 Å². The number of hydrogen-bond acceptors (Lipinski definition) is 5. The molecule has 0 amide bonds. The fraction of sp³-hybridized carbons (Fsp3) is 0.308. The molecule has 0 fully saturated rings. The molecule has 2 rings (SSSR count). The molecule has 0 aliphatic rings. The summed E-state index contributed by atoms with van der Waals surface area (Å²) in [5.41, 5.74) is 3.45. The summed E-state index contributed by atoms with van der Waals surface area (Å²) in [6.45, 7) is 1.14. The number of aromatic nitrogens is 1. The summed E-state index contributed by atoms with van der Waals surface area (Å²) < 4.78 is 23.5. The zero-order chi connectivity index (χ0) is 14.6. The van der Waals surface area contributed by atoms with Crippen molar-refractivity contribution in [1.82, 2.24) is 10.3 Å². The van der Waals surface area contributed by atoms with E-state index in [0.717, 1.165) is 18.7 Å². The molecular formula is C13H15ClN2O2S2. The Morgan fingerprint density at radius 3 is 2.85 bits per heavy atom. The highest BCUT2D eigenvalue weighted by atomic mass is 35.5. The zero-order valence-electron chi connectivity index (χ0n) is 11.0. The second-order valence-corrected chi connectivity index (χ2v) is 7.51. The molecule has 1 aromatic heterocycles. The quantitative estimate of drug-likeness (QED) is 0.827. The summed E-state index contributed by atoms with van der Waals surface area (Å²) >= 11 is 7.66. The van der Waals surface area contributed by atoms with Crippen molar-refractivity contribution in [3.05, 3.63) is 45.4 Å². The molecule has 0 saturated carbocycles. The fourth-order valence-corrected chi connectivity index (χ4v) is 3.69. The van der Waals surface area contributed by atoms with E-state index in [1.54, 1.807) is 35.0 Å². The lowest BCUT2D eigenvalue weighted by molar-refractivity contribution is 0.598. The van der Waals surface area contributed by atoms with Crippen LogP contribution in [0.15, 0.2) is 34.0 Å². The Kier molecular flexibility index (Phi) is 5.15. The van der Waals surface area contributed by atoms with Crippen molar-refractivity contribution >= 4 is 32.8 Å². The molecule has 4 nitrogen and oxygen atoms in total. The molecule has 1 heterocycles. The van der Waals surface area contributed by atoms with Crippen LogP contribution in [0.2, 0.25) is 5.02 Å². The minimum absolute atomic E-state index is 0.283. The summed E-state index contributed by atoms with van der Waals surface area (Å²) in [5.74, 6) is 0. The zero-order valence-corrected chi connectivity index (χ0v) is 13.4. The van der Waals surface area contributed by atoms with Crippen molar-refractivity contribution in [3.63, 3.8) is 0 Å². The minimum Gasteiger partial charge on any atom is -0.312 e. The van der Waals surface area contributed by atoms with Crippen molar-refractivity contribution < 1.29 is 8.42 Å². The average molecular weight is 331 g/mol. The van der Waals surface area contributed by atoms with Crippen molar-refractivity contribution in [3.8, 4) is 0 Å². The van der Waals surface area contributed by atoms with E-state index in [0.29, 0.717) is 17.1 Å². The van der Waals surface area contributed by atoms with E-state index in [1.807, 2.05) is 5.38 Å². The Bertz CT molecular complexity index is 670. The number of sulfone groups is 1. The van der Waals surface area contributed by atoms with Crippen LogP contribution in [0.3, 0.4) is 0 Å². The predicted octanol–water partition coefficient (Wildman–Crippen LogP) is 2.53. The second-order valence-electron chi connectivity index (χ2n) is 4.40. The number of nitrogens with one attached hydrogen (secondary N) is 1. The molecule has 20 heavy (non-hydrogen) atoms. The van der Waals surface area contributed by atoms with Gasteiger partial charge in [-0.3, -0.25) is 0 Å². The minimum atomic E-state index is -3.27. The second kappa shape index (κ2) is 6.67. The van der Waals surface area contributed by atoms with Gasteiger partial charge in [0.1, 0.15) is 0 Å². The number of benzene rings is 1. The van der Waals surface area contributed by atoms with Crippen molar-refractivity contribution in [1.29, 1.82) is 0 Å². The van der Waals surface area contributed by atoms with Crippen LogP contribution in [0.1, 0.15) is 11.3 Å². The molecule has 1 aromatic carbocycles. The molecule has 0 spiro atoms. The molecular weight excluding hydrogens is 316 g/mol. The van der Waals surface area contributed by atoms with Gasteiger partial charge in [0, 0.05) is 41.7 Å². The first-order chi connectivity index (χ1) is 9.48. The molecule has 0 aliphatic heterocycles. The van der Waals surface area contributed by atoms with Crippen LogP contribution < -0.4 is 5.32 Å². The van der Waals surface area contributed by atoms with Gasteiger partial charge < -0.3 is 5.32 Å². The van der Waals surface area contributed by atoms with Gasteiger partial charge in [0.15, 0.2) is 9.84 Å². The summed E-state index contributed by atoms with van der Waals surface area (Å²) in [7, 11) is -3.27. The Hall–Kier alpha value is -0.950. The van der Waals surface area contributed by atoms with Gasteiger partial charge in [-0.1, -0.05) is 17.7 Å². The number of nitrogens with zero attached hydrogens (tertiary/aromatic N) is 1. The Labute approximate surface area is 127 Å². The SMILES string of the molecule is CS(=O)(=O)c1cccc(Cl)c1CNCCc1cscn1. The van der Waals surface area contributed by atoms with E-state index in [1.165, 1.54) is 6.26 Å². The van der Waals surface area contributed by atoms with Crippen LogP contribution in [0, 0.1) is 0 Å². The van der Waals surface area contributed by atoms with Crippen molar-refractivity contribution in [2.45, 2.75) is 17.9 Å². The number of thiazole rings is 1. The molecule has 0 radical (unpaired) electrons. The molecule has 0 atom stereocenters. The summed E-state index contributed by atoms with van der Waals surface area (Å²) in [5, 5.41) is 5.67. The van der Waals surface area contributed by atoms with Gasteiger partial charge in [-0.25, -0.2) is 13.4 Å². The highest BCUT2D eigenvalue weighted by Crippen LogP contribution is 2.23. The lowest BCUT2D eigenvalue weighted by Crippen LogP contribution is -2.19. The number of hydrogen-bond donors (Lipinski definition) is 1. The first-order valence-electron chi connectivity index (χ1n) is 6.03. The van der Waals surface area contributed by atoms with Gasteiger partial charge >= 0.3 is 0 Å². The Morgan fingerprint density at radius 1 is 1.40 bits per heavy atom. The van der Waals surface area contributed by atoms with E-state index in [-0.39, 0.29) is 4.90 Å². The highest BCUT2D eigenvalue weighted by Gasteiger charge is 2.15. The van der Waals surface area contributed by atoms with E-state index in [2.05, 4.69) is 10.3 Å². The van der Waals surface area contributed by atoms with Gasteiger partial charge in [0.05, 0.1) is 16.1 Å². The molecule has 7 heteroatoms. The topological polar surface area (TPSA) is 59.1 Å². The highest BCUT2D eigenvalue weighted by molar-refractivity contribution is 7.90. The third-order valence-corrected chi connectivity index (χ3v) is 4.99. The van der Waals surface area contributed by atoms with Crippen LogP contribution in [0.5, 0.6) is 0 Å². The first-order valence-corrected chi connectivity index (χ1v) is 9.25. The van der Waals surface area contributed by atoms with Crippen LogP contribution in [0.4, 0.5) is 0 Å². The van der Waals surface area contributed by atoms with Crippen LogP contribution in [-0.2, 0) is 22.8 Å². The monoisotopic (exact) mass is 330 g/mol. The third kappa shape index (κ3) is 4.02. The molecule has 108 valence electrons. The smallest absolute Gasteiger partial charge is 0.175 e. The molecule has 0 unspecified atom stereocenters. The molecule has 0 saturated heterocycles. The number of halogens is 1. The third-order valence-electron chi connectivity index (χ3n) is 2.82. The average Bonchev–Trinajstić information content (AvgIpc) is 2.88. The van der Waals surface area contributed by atoms with Crippen molar-refractivity contribution in [2.75, 3.05) is 12.8 Å². The maximum absolute atomic E-state index is 11.7. The largest absolute Gasteiger partial charge is 0.312 e. The van der Waals surface area contributed by atoms with Crippen LogP contribution in [0.25, 0.3) is 0 Å². The van der Waals surface area contributed by atoms with Gasteiger partial charge in [-0.2, -0.15) is 0 Å². The normalized spacial score (nSPS) is 11.7. The molecule has 0 bridgehead atoms. The maximum atomic E-state index is 11.7. The van der Waals surface area contributed by atoms with E-state index in [4.69, 9.17) is 11.6 Å². The van der Waals surface area contributed by atoms with Gasteiger partial charge in [0.2, 0.25) is 0 Å².